The molecular weight excluding hydrogens is 224 g/mol. The first kappa shape index (κ1) is 15.4. The number of hydrogen-bond donors (Lipinski definition) is 2. The number of nitrogens with one attached hydrogen (secondary N) is 1. The van der Waals surface area contributed by atoms with E-state index in [9.17, 15) is 0 Å². The predicted octanol–water partition coefficient (Wildman–Crippen LogP) is 1.67. The van der Waals surface area contributed by atoms with Crippen molar-refractivity contribution in [3.63, 3.8) is 0 Å². The van der Waals surface area contributed by atoms with Crippen molar-refractivity contribution in [1.29, 1.82) is 0 Å². The van der Waals surface area contributed by atoms with E-state index in [-0.39, 0.29) is 6.17 Å². The highest BCUT2D eigenvalue weighted by Gasteiger charge is 2.17. The minimum absolute atomic E-state index is 0.219. The van der Waals surface area contributed by atoms with Crippen LogP contribution in [0.2, 0.25) is 0 Å². The number of nitrogens with two attached hydrogens (primary N) is 1. The number of amidine groups is 1. The Labute approximate surface area is 112 Å². The predicted molar refractivity (Wildman–Crippen MR) is 78.8 cm³/mol. The van der Waals surface area contributed by atoms with Gasteiger partial charge in [-0.25, -0.2) is 0 Å². The second-order valence-electron chi connectivity index (χ2n) is 5.61. The Morgan fingerprint density at radius 2 is 1.83 bits per heavy atom. The standard InChI is InChI=1S/C14H30N4/c1-5-11(2)12(3)10-14(15)17-13(4)18-8-6-16-7-9-18/h11-13,16H,5-10H2,1-4H3,(H2,15,17). The summed E-state index contributed by atoms with van der Waals surface area (Å²) in [6.45, 7) is 13.2. The molecule has 106 valence electrons. The zero-order chi connectivity index (χ0) is 13.5. The summed E-state index contributed by atoms with van der Waals surface area (Å²) in [5, 5.41) is 3.36. The zero-order valence-corrected chi connectivity index (χ0v) is 12.4. The summed E-state index contributed by atoms with van der Waals surface area (Å²) >= 11 is 0. The zero-order valence-electron chi connectivity index (χ0n) is 12.4. The van der Waals surface area contributed by atoms with Crippen LogP contribution in [0.25, 0.3) is 0 Å². The molecule has 4 nitrogen and oxygen atoms in total. The maximum absolute atomic E-state index is 6.08. The average molecular weight is 254 g/mol. The maximum atomic E-state index is 6.08. The fourth-order valence-corrected chi connectivity index (χ4v) is 2.36. The molecule has 0 aliphatic carbocycles. The van der Waals surface area contributed by atoms with E-state index in [4.69, 9.17) is 5.73 Å². The van der Waals surface area contributed by atoms with Gasteiger partial charge in [-0.2, -0.15) is 0 Å². The fraction of sp³-hybridized carbons (Fsp3) is 0.929. The summed E-state index contributed by atoms with van der Waals surface area (Å²) in [7, 11) is 0. The molecule has 0 radical (unpaired) electrons. The number of aliphatic imine (C=N–C) groups is 1. The van der Waals surface area contributed by atoms with E-state index in [1.165, 1.54) is 6.42 Å². The number of rotatable bonds is 6. The minimum Gasteiger partial charge on any atom is -0.387 e. The molecule has 1 saturated heterocycles. The van der Waals surface area contributed by atoms with Gasteiger partial charge in [0.1, 0.15) is 6.17 Å². The first-order chi connectivity index (χ1) is 8.54. The van der Waals surface area contributed by atoms with E-state index < -0.39 is 0 Å². The quantitative estimate of drug-likeness (QED) is 0.560. The summed E-state index contributed by atoms with van der Waals surface area (Å²) in [5.74, 6) is 2.15. The number of nitrogens with zero attached hydrogens (tertiary/aromatic N) is 2. The first-order valence-electron chi connectivity index (χ1n) is 7.31. The van der Waals surface area contributed by atoms with E-state index >= 15 is 0 Å². The highest BCUT2D eigenvalue weighted by Crippen LogP contribution is 2.18. The second kappa shape index (κ2) is 7.74. The van der Waals surface area contributed by atoms with Gasteiger partial charge in [-0.1, -0.05) is 27.2 Å². The monoisotopic (exact) mass is 254 g/mol. The van der Waals surface area contributed by atoms with Crippen LogP contribution in [-0.2, 0) is 0 Å². The highest BCUT2D eigenvalue weighted by atomic mass is 15.3. The van der Waals surface area contributed by atoms with Crippen LogP contribution in [0, 0.1) is 11.8 Å². The van der Waals surface area contributed by atoms with Crippen molar-refractivity contribution in [2.75, 3.05) is 26.2 Å². The van der Waals surface area contributed by atoms with Gasteiger partial charge in [-0.05, 0) is 18.8 Å². The molecule has 1 rings (SSSR count). The van der Waals surface area contributed by atoms with E-state index in [0.29, 0.717) is 11.8 Å². The molecule has 18 heavy (non-hydrogen) atoms. The third-order valence-electron chi connectivity index (χ3n) is 4.18. The van der Waals surface area contributed by atoms with Gasteiger partial charge >= 0.3 is 0 Å². The number of hydrogen-bond acceptors (Lipinski definition) is 3. The van der Waals surface area contributed by atoms with Crippen molar-refractivity contribution >= 4 is 5.84 Å². The van der Waals surface area contributed by atoms with Gasteiger partial charge in [0.2, 0.25) is 0 Å². The maximum Gasteiger partial charge on any atom is 0.101 e. The lowest BCUT2D eigenvalue weighted by atomic mass is 9.90. The minimum atomic E-state index is 0.219. The normalized spacial score (nSPS) is 23.7. The van der Waals surface area contributed by atoms with Crippen LogP contribution in [0.15, 0.2) is 4.99 Å². The smallest absolute Gasteiger partial charge is 0.101 e. The van der Waals surface area contributed by atoms with E-state index in [0.717, 1.165) is 38.4 Å². The second-order valence-corrected chi connectivity index (χ2v) is 5.61. The number of piperazine rings is 1. The fourth-order valence-electron chi connectivity index (χ4n) is 2.36. The molecule has 0 aromatic rings. The van der Waals surface area contributed by atoms with Crippen molar-refractivity contribution < 1.29 is 0 Å². The average Bonchev–Trinajstić information content (AvgIpc) is 2.38. The Kier molecular flexibility index (Phi) is 6.65. The molecule has 3 atom stereocenters. The lowest BCUT2D eigenvalue weighted by Gasteiger charge is -2.31. The summed E-state index contributed by atoms with van der Waals surface area (Å²) in [4.78, 5) is 7.04. The molecule has 3 unspecified atom stereocenters. The molecule has 0 saturated carbocycles. The largest absolute Gasteiger partial charge is 0.387 e. The first-order valence-corrected chi connectivity index (χ1v) is 7.31. The summed E-state index contributed by atoms with van der Waals surface area (Å²) < 4.78 is 0. The van der Waals surface area contributed by atoms with Crippen LogP contribution < -0.4 is 11.1 Å². The molecule has 1 heterocycles. The molecular formula is C14H30N4. The van der Waals surface area contributed by atoms with Crippen molar-refractivity contribution in [1.82, 2.24) is 10.2 Å². The molecule has 0 aromatic carbocycles. The van der Waals surface area contributed by atoms with Gasteiger partial charge in [0.25, 0.3) is 0 Å². The van der Waals surface area contributed by atoms with E-state index in [1.807, 2.05) is 0 Å². The van der Waals surface area contributed by atoms with Crippen molar-refractivity contribution in [3.8, 4) is 0 Å². The van der Waals surface area contributed by atoms with Crippen molar-refractivity contribution in [3.05, 3.63) is 0 Å². The Balaban J connectivity index is 2.43. The highest BCUT2D eigenvalue weighted by molar-refractivity contribution is 5.80. The van der Waals surface area contributed by atoms with Crippen LogP contribution in [-0.4, -0.2) is 43.1 Å². The Morgan fingerprint density at radius 3 is 2.39 bits per heavy atom. The van der Waals surface area contributed by atoms with Crippen LogP contribution in [0.4, 0.5) is 0 Å². The molecule has 0 bridgehead atoms. The topological polar surface area (TPSA) is 53.6 Å². The Morgan fingerprint density at radius 1 is 1.22 bits per heavy atom. The van der Waals surface area contributed by atoms with Gasteiger partial charge in [0, 0.05) is 32.6 Å². The molecule has 0 amide bonds. The van der Waals surface area contributed by atoms with Crippen LogP contribution in [0.5, 0.6) is 0 Å². The molecule has 1 fully saturated rings. The third kappa shape index (κ3) is 4.94. The van der Waals surface area contributed by atoms with Crippen LogP contribution in [0.3, 0.4) is 0 Å². The van der Waals surface area contributed by atoms with Gasteiger partial charge in [-0.3, -0.25) is 9.89 Å². The Bertz CT molecular complexity index is 259. The third-order valence-corrected chi connectivity index (χ3v) is 4.18. The van der Waals surface area contributed by atoms with Crippen LogP contribution >= 0.6 is 0 Å². The van der Waals surface area contributed by atoms with E-state index in [1.54, 1.807) is 0 Å². The summed E-state index contributed by atoms with van der Waals surface area (Å²) in [5.41, 5.74) is 6.08. The lowest BCUT2D eigenvalue weighted by Crippen LogP contribution is -2.47. The lowest BCUT2D eigenvalue weighted by molar-refractivity contribution is 0.189. The molecule has 0 aromatic heterocycles. The van der Waals surface area contributed by atoms with Gasteiger partial charge in [-0.15, -0.1) is 0 Å². The molecule has 3 N–H and O–H groups in total. The van der Waals surface area contributed by atoms with E-state index in [2.05, 4.69) is 42.9 Å². The van der Waals surface area contributed by atoms with Gasteiger partial charge in [0.15, 0.2) is 0 Å². The summed E-state index contributed by atoms with van der Waals surface area (Å²) in [6, 6.07) is 0. The van der Waals surface area contributed by atoms with Gasteiger partial charge in [0.05, 0.1) is 5.84 Å². The van der Waals surface area contributed by atoms with Crippen LogP contribution in [0.1, 0.15) is 40.5 Å². The molecule has 4 heteroatoms. The molecule has 1 aliphatic heterocycles. The van der Waals surface area contributed by atoms with Gasteiger partial charge < -0.3 is 11.1 Å². The molecule has 0 spiro atoms. The summed E-state index contributed by atoms with van der Waals surface area (Å²) in [6.07, 6.45) is 2.35. The molecule has 1 aliphatic rings. The van der Waals surface area contributed by atoms with Crippen molar-refractivity contribution in [2.24, 2.45) is 22.6 Å². The SMILES string of the molecule is CCC(C)C(C)CC(N)=NC(C)N1CCNCC1. The Hall–Kier alpha value is -0.610. The van der Waals surface area contributed by atoms with Crippen molar-refractivity contribution in [2.45, 2.75) is 46.7 Å².